The number of halogens is 1. The van der Waals surface area contributed by atoms with E-state index in [1.165, 1.54) is 0 Å². The molecule has 19 heavy (non-hydrogen) atoms. The monoisotopic (exact) mass is 309 g/mol. The van der Waals surface area contributed by atoms with Crippen LogP contribution in [0.3, 0.4) is 0 Å². The summed E-state index contributed by atoms with van der Waals surface area (Å²) in [7, 11) is -3.29. The van der Waals surface area contributed by atoms with E-state index in [2.05, 4.69) is 11.6 Å². The van der Waals surface area contributed by atoms with E-state index in [9.17, 15) is 8.42 Å². The molecule has 1 aliphatic heterocycles. The lowest BCUT2D eigenvalue weighted by Gasteiger charge is -2.39. The first kappa shape index (κ1) is 15.5. The maximum atomic E-state index is 12.5. The summed E-state index contributed by atoms with van der Waals surface area (Å²) in [6, 6.07) is 0. The Morgan fingerprint density at radius 2 is 1.79 bits per heavy atom. The van der Waals surface area contributed by atoms with Crippen LogP contribution in [0.15, 0.2) is 0 Å². The highest BCUT2D eigenvalue weighted by molar-refractivity contribution is 7.90. The van der Waals surface area contributed by atoms with Crippen LogP contribution in [0.5, 0.6) is 0 Å². The third kappa shape index (κ3) is 3.84. The topological polar surface area (TPSA) is 55.4 Å². The Bertz CT molecular complexity index is 385. The SMILES string of the molecule is CC1CCC(CCl)(NS(=O)(=O)C2CCOCC2)CC1. The summed E-state index contributed by atoms with van der Waals surface area (Å²) in [5.41, 5.74) is -0.425. The van der Waals surface area contributed by atoms with Crippen LogP contribution in [0.25, 0.3) is 0 Å². The first-order valence-electron chi connectivity index (χ1n) is 7.14. The fourth-order valence-electron chi connectivity index (χ4n) is 2.95. The van der Waals surface area contributed by atoms with Crippen molar-refractivity contribution in [3.05, 3.63) is 0 Å². The molecule has 1 heterocycles. The van der Waals surface area contributed by atoms with Crippen LogP contribution in [0, 0.1) is 5.92 Å². The van der Waals surface area contributed by atoms with Crippen molar-refractivity contribution in [1.82, 2.24) is 4.72 Å². The molecule has 4 nitrogen and oxygen atoms in total. The van der Waals surface area contributed by atoms with Crippen molar-refractivity contribution in [3.8, 4) is 0 Å². The molecular weight excluding hydrogens is 286 g/mol. The second kappa shape index (κ2) is 6.29. The van der Waals surface area contributed by atoms with E-state index in [1.54, 1.807) is 0 Å². The van der Waals surface area contributed by atoms with Gasteiger partial charge in [0.25, 0.3) is 0 Å². The summed E-state index contributed by atoms with van der Waals surface area (Å²) < 4.78 is 33.1. The Labute approximate surface area is 121 Å². The Hall–Kier alpha value is 0.160. The van der Waals surface area contributed by atoms with Crippen molar-refractivity contribution in [1.29, 1.82) is 0 Å². The molecule has 6 heteroatoms. The van der Waals surface area contributed by atoms with Gasteiger partial charge in [-0.15, -0.1) is 11.6 Å². The van der Waals surface area contributed by atoms with Crippen molar-refractivity contribution in [3.63, 3.8) is 0 Å². The number of hydrogen-bond acceptors (Lipinski definition) is 3. The van der Waals surface area contributed by atoms with Crippen LogP contribution in [0.1, 0.15) is 45.4 Å². The molecular formula is C13H24ClNO3S. The molecule has 112 valence electrons. The summed E-state index contributed by atoms with van der Waals surface area (Å²) in [5.74, 6) is 1.03. The van der Waals surface area contributed by atoms with Crippen LogP contribution < -0.4 is 4.72 Å². The van der Waals surface area contributed by atoms with Crippen molar-refractivity contribution in [2.24, 2.45) is 5.92 Å². The lowest BCUT2D eigenvalue weighted by Crippen LogP contribution is -2.54. The van der Waals surface area contributed by atoms with Crippen LogP contribution in [-0.4, -0.2) is 38.3 Å². The first-order chi connectivity index (χ1) is 8.97. The fourth-order valence-corrected chi connectivity index (χ4v) is 5.22. The maximum Gasteiger partial charge on any atom is 0.215 e. The predicted octanol–water partition coefficient (Wildman–Crippen LogP) is 2.27. The third-order valence-electron chi connectivity index (χ3n) is 4.45. The van der Waals surface area contributed by atoms with E-state index < -0.39 is 15.6 Å². The molecule has 0 spiro atoms. The summed E-state index contributed by atoms with van der Waals surface area (Å²) in [4.78, 5) is 0. The second-order valence-corrected chi connectivity index (χ2v) is 8.28. The van der Waals surface area contributed by atoms with Gasteiger partial charge >= 0.3 is 0 Å². The van der Waals surface area contributed by atoms with E-state index >= 15 is 0 Å². The first-order valence-corrected chi connectivity index (χ1v) is 9.22. The molecule has 0 radical (unpaired) electrons. The smallest absolute Gasteiger partial charge is 0.215 e. The molecule has 0 aromatic heterocycles. The average molecular weight is 310 g/mol. The van der Waals surface area contributed by atoms with Gasteiger partial charge in [0.15, 0.2) is 0 Å². The number of rotatable bonds is 4. The molecule has 1 N–H and O–H groups in total. The van der Waals surface area contributed by atoms with Crippen LogP contribution >= 0.6 is 11.6 Å². The number of ether oxygens (including phenoxy) is 1. The van der Waals surface area contributed by atoms with Crippen LogP contribution in [-0.2, 0) is 14.8 Å². The molecule has 1 saturated heterocycles. The third-order valence-corrected chi connectivity index (χ3v) is 7.03. The second-order valence-electron chi connectivity index (χ2n) is 6.06. The van der Waals surface area contributed by atoms with Gasteiger partial charge in [-0.25, -0.2) is 13.1 Å². The van der Waals surface area contributed by atoms with Gasteiger partial charge in [0.1, 0.15) is 0 Å². The molecule has 0 aromatic carbocycles. The number of alkyl halides is 1. The van der Waals surface area contributed by atoms with Crippen LogP contribution in [0.4, 0.5) is 0 Å². The van der Waals surface area contributed by atoms with E-state index in [0.29, 0.717) is 37.9 Å². The zero-order valence-electron chi connectivity index (χ0n) is 11.5. The summed E-state index contributed by atoms with van der Waals surface area (Å²) >= 11 is 6.08. The number of hydrogen-bond donors (Lipinski definition) is 1. The van der Waals surface area contributed by atoms with Gasteiger partial charge in [-0.05, 0) is 44.4 Å². The minimum Gasteiger partial charge on any atom is -0.381 e. The molecule has 0 bridgehead atoms. The average Bonchev–Trinajstić information content (AvgIpc) is 2.42. The van der Waals surface area contributed by atoms with Crippen molar-refractivity contribution in [2.45, 2.75) is 56.2 Å². The summed E-state index contributed by atoms with van der Waals surface area (Å²) in [6.45, 7) is 3.29. The van der Waals surface area contributed by atoms with Gasteiger partial charge in [-0.3, -0.25) is 0 Å². The predicted molar refractivity (Wildman–Crippen MR) is 77.0 cm³/mol. The standard InChI is InChI=1S/C13H24ClNO3S/c1-11-2-6-13(10-14,7-3-11)15-19(16,17)12-4-8-18-9-5-12/h11-12,15H,2-10H2,1H3. The minimum absolute atomic E-state index is 0.319. The Morgan fingerprint density at radius 1 is 1.21 bits per heavy atom. The van der Waals surface area contributed by atoms with Crippen molar-refractivity contribution >= 4 is 21.6 Å². The largest absolute Gasteiger partial charge is 0.381 e. The highest BCUT2D eigenvalue weighted by Gasteiger charge is 2.39. The van der Waals surface area contributed by atoms with E-state index in [-0.39, 0.29) is 5.25 Å². The lowest BCUT2D eigenvalue weighted by atomic mass is 9.79. The normalized spacial score (nSPS) is 34.3. The van der Waals surface area contributed by atoms with Crippen molar-refractivity contribution in [2.75, 3.05) is 19.1 Å². The lowest BCUT2D eigenvalue weighted by molar-refractivity contribution is 0.0977. The highest BCUT2D eigenvalue weighted by atomic mass is 35.5. The molecule has 2 rings (SSSR count). The molecule has 0 atom stereocenters. The van der Waals surface area contributed by atoms with Gasteiger partial charge < -0.3 is 4.74 Å². The number of sulfonamides is 1. The van der Waals surface area contributed by atoms with E-state index in [1.807, 2.05) is 0 Å². The molecule has 1 saturated carbocycles. The zero-order valence-corrected chi connectivity index (χ0v) is 13.1. The Morgan fingerprint density at radius 3 is 2.32 bits per heavy atom. The maximum absolute atomic E-state index is 12.5. The number of nitrogens with one attached hydrogen (secondary N) is 1. The van der Waals surface area contributed by atoms with Crippen LogP contribution in [0.2, 0.25) is 0 Å². The molecule has 2 fully saturated rings. The van der Waals surface area contributed by atoms with Gasteiger partial charge in [0.05, 0.1) is 5.25 Å². The van der Waals surface area contributed by atoms with E-state index in [0.717, 1.165) is 25.7 Å². The van der Waals surface area contributed by atoms with Gasteiger partial charge in [0.2, 0.25) is 10.0 Å². The highest BCUT2D eigenvalue weighted by Crippen LogP contribution is 2.34. The van der Waals surface area contributed by atoms with Crippen molar-refractivity contribution < 1.29 is 13.2 Å². The van der Waals surface area contributed by atoms with E-state index in [4.69, 9.17) is 16.3 Å². The summed E-state index contributed by atoms with van der Waals surface area (Å²) in [6.07, 6.45) is 4.96. The Kier molecular flexibility index (Phi) is 5.15. The zero-order chi connectivity index (χ0) is 13.9. The quantitative estimate of drug-likeness (QED) is 0.811. The molecule has 2 aliphatic rings. The fraction of sp³-hybridized carbons (Fsp3) is 1.00. The Balaban J connectivity index is 2.04. The van der Waals surface area contributed by atoms with Gasteiger partial charge in [-0.2, -0.15) is 0 Å². The molecule has 0 unspecified atom stereocenters. The molecule has 1 aliphatic carbocycles. The summed E-state index contributed by atoms with van der Waals surface area (Å²) in [5, 5.41) is -0.319. The van der Waals surface area contributed by atoms with Gasteiger partial charge in [0, 0.05) is 24.6 Å². The molecule has 0 amide bonds. The molecule has 0 aromatic rings. The van der Waals surface area contributed by atoms with Gasteiger partial charge in [-0.1, -0.05) is 6.92 Å². The minimum atomic E-state index is -3.29.